The van der Waals surface area contributed by atoms with Gasteiger partial charge in [0.15, 0.2) is 0 Å². The number of piperidine rings is 1. The summed E-state index contributed by atoms with van der Waals surface area (Å²) in [6.07, 6.45) is 5.43. The van der Waals surface area contributed by atoms with Crippen LogP contribution in [0.3, 0.4) is 0 Å². The number of anilines is 2. The number of hydrazine groups is 1. The minimum absolute atomic E-state index is 0.373. The van der Waals surface area contributed by atoms with Crippen molar-refractivity contribution in [1.82, 2.24) is 15.0 Å². The third kappa shape index (κ3) is 3.64. The number of nitrogens with one attached hydrogen (secondary N) is 2. The molecule has 0 radical (unpaired) electrons. The highest BCUT2D eigenvalue weighted by molar-refractivity contribution is 5.58. The summed E-state index contributed by atoms with van der Waals surface area (Å²) in [5.74, 6) is 2.26. The highest BCUT2D eigenvalue weighted by Crippen LogP contribution is 2.30. The second-order valence-electron chi connectivity index (χ2n) is 6.32. The van der Waals surface area contributed by atoms with E-state index >= 15 is 0 Å². The Morgan fingerprint density at radius 3 is 2.38 bits per heavy atom. The first-order valence-electron chi connectivity index (χ1n) is 8.18. The van der Waals surface area contributed by atoms with Crippen molar-refractivity contribution in [3.05, 3.63) is 11.9 Å². The molecule has 1 fully saturated rings. The Hall–Kier alpha value is -1.36. The average Bonchev–Trinajstić information content (AvgIpc) is 2.43. The first kappa shape index (κ1) is 16.0. The maximum Gasteiger partial charge on any atom is 0.149 e. The molecule has 1 aliphatic heterocycles. The SMILES string of the molecule is CCNc1ncnc(NN2C(C)CCCC2C)c1C(C)C. The molecule has 2 rings (SSSR count). The van der Waals surface area contributed by atoms with Crippen LogP contribution in [-0.2, 0) is 0 Å². The van der Waals surface area contributed by atoms with Gasteiger partial charge in [-0.2, -0.15) is 0 Å². The maximum atomic E-state index is 4.50. The summed E-state index contributed by atoms with van der Waals surface area (Å²) >= 11 is 0. The molecular weight excluding hydrogens is 262 g/mol. The van der Waals surface area contributed by atoms with E-state index in [9.17, 15) is 0 Å². The maximum absolute atomic E-state index is 4.50. The quantitative estimate of drug-likeness (QED) is 0.867. The second-order valence-corrected chi connectivity index (χ2v) is 6.32. The molecule has 2 atom stereocenters. The molecule has 118 valence electrons. The predicted molar refractivity (Wildman–Crippen MR) is 88.5 cm³/mol. The van der Waals surface area contributed by atoms with Crippen LogP contribution >= 0.6 is 0 Å². The van der Waals surface area contributed by atoms with E-state index in [1.165, 1.54) is 24.8 Å². The Bertz CT molecular complexity index is 450. The molecular formula is C16H29N5. The van der Waals surface area contributed by atoms with Crippen molar-refractivity contribution in [2.45, 2.75) is 71.9 Å². The molecule has 1 aromatic rings. The van der Waals surface area contributed by atoms with Gasteiger partial charge in [0.25, 0.3) is 0 Å². The van der Waals surface area contributed by atoms with Gasteiger partial charge in [0, 0.05) is 24.2 Å². The number of hydrogen-bond acceptors (Lipinski definition) is 5. The van der Waals surface area contributed by atoms with Gasteiger partial charge in [-0.1, -0.05) is 20.3 Å². The second kappa shape index (κ2) is 7.07. The lowest BCUT2D eigenvalue weighted by Gasteiger charge is -2.39. The molecule has 1 saturated heterocycles. The van der Waals surface area contributed by atoms with E-state index in [-0.39, 0.29) is 0 Å². The monoisotopic (exact) mass is 291 g/mol. The van der Waals surface area contributed by atoms with Gasteiger partial charge in [0.1, 0.15) is 18.0 Å². The first-order chi connectivity index (χ1) is 10.0. The molecule has 0 amide bonds. The number of aromatic nitrogens is 2. The van der Waals surface area contributed by atoms with E-state index in [1.807, 2.05) is 0 Å². The molecule has 0 bridgehead atoms. The molecule has 2 N–H and O–H groups in total. The number of hydrogen-bond donors (Lipinski definition) is 2. The van der Waals surface area contributed by atoms with Gasteiger partial charge in [-0.15, -0.1) is 0 Å². The lowest BCUT2D eigenvalue weighted by Crippen LogP contribution is -2.47. The largest absolute Gasteiger partial charge is 0.370 e. The van der Waals surface area contributed by atoms with Crippen LogP contribution in [0.2, 0.25) is 0 Å². The van der Waals surface area contributed by atoms with Crippen LogP contribution in [0.1, 0.15) is 65.4 Å². The summed E-state index contributed by atoms with van der Waals surface area (Å²) < 4.78 is 0. The third-order valence-corrected chi connectivity index (χ3v) is 4.23. The topological polar surface area (TPSA) is 53.1 Å². The summed E-state index contributed by atoms with van der Waals surface area (Å²) in [5.41, 5.74) is 4.74. The summed E-state index contributed by atoms with van der Waals surface area (Å²) in [5, 5.41) is 5.70. The summed E-state index contributed by atoms with van der Waals surface area (Å²) in [4.78, 5) is 8.90. The van der Waals surface area contributed by atoms with Crippen LogP contribution in [0.4, 0.5) is 11.6 Å². The molecule has 2 heterocycles. The molecule has 5 nitrogen and oxygen atoms in total. The molecule has 21 heavy (non-hydrogen) atoms. The van der Waals surface area contributed by atoms with Gasteiger partial charge >= 0.3 is 0 Å². The van der Waals surface area contributed by atoms with Crippen LogP contribution in [-0.4, -0.2) is 33.6 Å². The minimum atomic E-state index is 0.373. The van der Waals surface area contributed by atoms with Crippen LogP contribution in [0.5, 0.6) is 0 Å². The van der Waals surface area contributed by atoms with E-state index in [1.54, 1.807) is 6.33 Å². The van der Waals surface area contributed by atoms with Crippen LogP contribution in [0.25, 0.3) is 0 Å². The minimum Gasteiger partial charge on any atom is -0.370 e. The molecule has 2 unspecified atom stereocenters. The lowest BCUT2D eigenvalue weighted by atomic mass is 9.99. The van der Waals surface area contributed by atoms with Gasteiger partial charge < -0.3 is 10.7 Å². The highest BCUT2D eigenvalue weighted by Gasteiger charge is 2.26. The van der Waals surface area contributed by atoms with E-state index in [0.717, 1.165) is 18.2 Å². The van der Waals surface area contributed by atoms with E-state index in [2.05, 4.69) is 60.3 Å². The van der Waals surface area contributed by atoms with Crippen molar-refractivity contribution in [1.29, 1.82) is 0 Å². The zero-order valence-corrected chi connectivity index (χ0v) is 14.0. The zero-order valence-electron chi connectivity index (χ0n) is 14.0. The summed E-state index contributed by atoms with van der Waals surface area (Å²) in [6.45, 7) is 11.9. The van der Waals surface area contributed by atoms with E-state index in [4.69, 9.17) is 0 Å². The zero-order chi connectivity index (χ0) is 15.4. The fourth-order valence-corrected chi connectivity index (χ4v) is 3.10. The highest BCUT2D eigenvalue weighted by atomic mass is 15.5. The summed E-state index contributed by atoms with van der Waals surface area (Å²) in [6, 6.07) is 1.07. The van der Waals surface area contributed by atoms with Gasteiger partial charge in [0.2, 0.25) is 0 Å². The van der Waals surface area contributed by atoms with Crippen LogP contribution < -0.4 is 10.7 Å². The number of rotatable bonds is 5. The fraction of sp³-hybridized carbons (Fsp3) is 0.750. The van der Waals surface area contributed by atoms with Crippen molar-refractivity contribution < 1.29 is 0 Å². The van der Waals surface area contributed by atoms with Gasteiger partial charge in [-0.3, -0.25) is 0 Å². The van der Waals surface area contributed by atoms with Gasteiger partial charge in [0.05, 0.1) is 0 Å². The van der Waals surface area contributed by atoms with Crippen molar-refractivity contribution in [3.8, 4) is 0 Å². The van der Waals surface area contributed by atoms with Gasteiger partial charge in [-0.25, -0.2) is 15.0 Å². The van der Waals surface area contributed by atoms with Crippen molar-refractivity contribution in [3.63, 3.8) is 0 Å². The molecule has 1 aliphatic rings. The average molecular weight is 291 g/mol. The Labute approximate surface area is 128 Å². The number of nitrogens with zero attached hydrogens (tertiary/aromatic N) is 3. The molecule has 0 spiro atoms. The molecule has 5 heteroatoms. The predicted octanol–water partition coefficient (Wildman–Crippen LogP) is 3.62. The third-order valence-electron chi connectivity index (χ3n) is 4.23. The van der Waals surface area contributed by atoms with E-state index < -0.39 is 0 Å². The smallest absolute Gasteiger partial charge is 0.149 e. The Kier molecular flexibility index (Phi) is 5.39. The lowest BCUT2D eigenvalue weighted by molar-refractivity contribution is 0.135. The Balaban J connectivity index is 2.28. The van der Waals surface area contributed by atoms with Crippen molar-refractivity contribution in [2.24, 2.45) is 0 Å². The van der Waals surface area contributed by atoms with Crippen molar-refractivity contribution >= 4 is 11.6 Å². The normalized spacial score (nSPS) is 23.3. The fourth-order valence-electron chi connectivity index (χ4n) is 3.10. The molecule has 0 saturated carbocycles. The molecule has 0 aromatic carbocycles. The summed E-state index contributed by atoms with van der Waals surface area (Å²) in [7, 11) is 0. The standard InChI is InChI=1S/C16H29N5/c1-6-17-15-14(11(2)3)16(19-10-18-15)20-21-12(4)8-7-9-13(21)5/h10-13H,6-9H2,1-5H3,(H2,17,18,19,20). The van der Waals surface area contributed by atoms with Gasteiger partial charge in [-0.05, 0) is 39.5 Å². The van der Waals surface area contributed by atoms with Crippen molar-refractivity contribution in [2.75, 3.05) is 17.3 Å². The molecule has 0 aliphatic carbocycles. The van der Waals surface area contributed by atoms with Crippen LogP contribution in [0, 0.1) is 0 Å². The van der Waals surface area contributed by atoms with Crippen LogP contribution in [0.15, 0.2) is 6.33 Å². The van der Waals surface area contributed by atoms with E-state index in [0.29, 0.717) is 18.0 Å². The molecule has 1 aromatic heterocycles. The Morgan fingerprint density at radius 1 is 1.19 bits per heavy atom. The Morgan fingerprint density at radius 2 is 1.81 bits per heavy atom. The first-order valence-corrected chi connectivity index (χ1v) is 8.18.